The molecule has 2 amide bonds. The number of anilines is 2. The molecule has 1 aliphatic rings. The highest BCUT2D eigenvalue weighted by Crippen LogP contribution is 2.38. The predicted molar refractivity (Wildman–Crippen MR) is 110 cm³/mol. The molecule has 0 atom stereocenters. The first-order valence-electron chi connectivity index (χ1n) is 9.46. The third-order valence-electron chi connectivity index (χ3n) is 4.67. The molecule has 0 aliphatic heterocycles. The molecule has 7 heteroatoms. The summed E-state index contributed by atoms with van der Waals surface area (Å²) in [5.41, 5.74) is 3.08. The zero-order valence-electron chi connectivity index (χ0n) is 16.1. The lowest BCUT2D eigenvalue weighted by Gasteiger charge is -2.13. The van der Waals surface area contributed by atoms with Crippen molar-refractivity contribution >= 4 is 39.8 Å². The van der Waals surface area contributed by atoms with Crippen LogP contribution in [0.1, 0.15) is 53.1 Å². The number of aryl methyl sites for hydroxylation is 2. The fraction of sp³-hybridized carbons (Fsp3) is 0.381. The Balaban J connectivity index is 1.70. The lowest BCUT2D eigenvalue weighted by molar-refractivity contribution is -0.119. The summed E-state index contributed by atoms with van der Waals surface area (Å²) in [6.45, 7) is 3.04. The number of para-hydroxylation sites is 1. The van der Waals surface area contributed by atoms with Crippen LogP contribution in [0.2, 0.25) is 0 Å². The number of ether oxygens (including phenoxy) is 1. The van der Waals surface area contributed by atoms with Crippen molar-refractivity contribution in [3.63, 3.8) is 0 Å². The Labute approximate surface area is 168 Å². The van der Waals surface area contributed by atoms with Crippen molar-refractivity contribution in [1.82, 2.24) is 0 Å². The van der Waals surface area contributed by atoms with Gasteiger partial charge >= 0.3 is 5.97 Å². The Bertz CT molecular complexity index is 904. The third kappa shape index (κ3) is 4.59. The molecular weight excluding hydrogens is 376 g/mol. The van der Waals surface area contributed by atoms with Crippen molar-refractivity contribution in [3.8, 4) is 0 Å². The van der Waals surface area contributed by atoms with E-state index in [2.05, 4.69) is 10.6 Å². The fourth-order valence-electron chi connectivity index (χ4n) is 3.37. The fourth-order valence-corrected chi connectivity index (χ4v) is 4.69. The predicted octanol–water partition coefficient (Wildman–Crippen LogP) is 3.94. The summed E-state index contributed by atoms with van der Waals surface area (Å²) in [5.74, 6) is -1.19. The van der Waals surface area contributed by atoms with Crippen LogP contribution in [0.4, 0.5) is 10.7 Å². The molecule has 0 bridgehead atoms. The summed E-state index contributed by atoms with van der Waals surface area (Å²) < 4.78 is 5.29. The van der Waals surface area contributed by atoms with Gasteiger partial charge in [-0.05, 0) is 49.3 Å². The van der Waals surface area contributed by atoms with Gasteiger partial charge in [-0.25, -0.2) is 4.79 Å². The Hall–Kier alpha value is -2.67. The Morgan fingerprint density at radius 1 is 1.11 bits per heavy atom. The number of rotatable bonds is 6. The molecule has 28 heavy (non-hydrogen) atoms. The molecule has 1 aromatic carbocycles. The molecule has 0 spiro atoms. The van der Waals surface area contributed by atoms with E-state index in [0.29, 0.717) is 10.6 Å². The number of amides is 2. The first-order valence-corrected chi connectivity index (χ1v) is 10.3. The third-order valence-corrected chi connectivity index (χ3v) is 5.88. The smallest absolute Gasteiger partial charge is 0.341 e. The number of hydrogen-bond donors (Lipinski definition) is 2. The van der Waals surface area contributed by atoms with Gasteiger partial charge in [-0.15, -0.1) is 11.3 Å². The van der Waals surface area contributed by atoms with Gasteiger partial charge in [0.05, 0.1) is 5.56 Å². The molecule has 3 rings (SSSR count). The Morgan fingerprint density at radius 2 is 1.86 bits per heavy atom. The van der Waals surface area contributed by atoms with E-state index < -0.39 is 5.97 Å². The molecule has 1 aromatic heterocycles. The number of thiophene rings is 1. The van der Waals surface area contributed by atoms with E-state index in [1.54, 1.807) is 0 Å². The van der Waals surface area contributed by atoms with Crippen LogP contribution in [0.15, 0.2) is 24.3 Å². The summed E-state index contributed by atoms with van der Waals surface area (Å²) in [5, 5.41) is 6.04. The van der Waals surface area contributed by atoms with E-state index in [-0.39, 0.29) is 18.4 Å². The standard InChI is InChI=1S/C21H24N2O4S/c1-3-14-8-4-6-10-16(14)23-18(25)12-27-21(26)19-15-9-5-7-11-17(15)28-20(19)22-13(2)24/h4,6,8,10H,3,5,7,9,11-12H2,1-2H3,(H,22,24)(H,23,25). The molecule has 148 valence electrons. The first-order chi connectivity index (χ1) is 13.5. The SMILES string of the molecule is CCc1ccccc1NC(=O)COC(=O)c1c(NC(C)=O)sc2c1CCCC2. The second-order valence-corrected chi connectivity index (χ2v) is 7.84. The number of carbonyl (C=O) groups excluding carboxylic acids is 3. The van der Waals surface area contributed by atoms with Crippen LogP contribution in [0.5, 0.6) is 0 Å². The lowest BCUT2D eigenvalue weighted by Crippen LogP contribution is -2.22. The molecule has 0 radical (unpaired) electrons. The van der Waals surface area contributed by atoms with Gasteiger partial charge in [0, 0.05) is 17.5 Å². The van der Waals surface area contributed by atoms with Gasteiger partial charge < -0.3 is 15.4 Å². The van der Waals surface area contributed by atoms with Gasteiger partial charge in [-0.2, -0.15) is 0 Å². The van der Waals surface area contributed by atoms with E-state index in [0.717, 1.165) is 53.8 Å². The Kier molecular flexibility index (Phi) is 6.46. The first kappa shape index (κ1) is 20.1. The van der Waals surface area contributed by atoms with Gasteiger partial charge in [-0.1, -0.05) is 25.1 Å². The monoisotopic (exact) mass is 400 g/mol. The van der Waals surface area contributed by atoms with Crippen molar-refractivity contribution < 1.29 is 19.1 Å². The van der Waals surface area contributed by atoms with Gasteiger partial charge in [0.1, 0.15) is 5.00 Å². The summed E-state index contributed by atoms with van der Waals surface area (Å²) in [7, 11) is 0. The van der Waals surface area contributed by atoms with E-state index in [4.69, 9.17) is 4.74 Å². The number of benzene rings is 1. The molecule has 0 saturated heterocycles. The van der Waals surface area contributed by atoms with Crippen LogP contribution in [-0.2, 0) is 33.6 Å². The van der Waals surface area contributed by atoms with Gasteiger partial charge in [0.25, 0.3) is 5.91 Å². The van der Waals surface area contributed by atoms with E-state index in [9.17, 15) is 14.4 Å². The summed E-state index contributed by atoms with van der Waals surface area (Å²) in [6, 6.07) is 7.53. The highest BCUT2D eigenvalue weighted by molar-refractivity contribution is 7.17. The minimum atomic E-state index is -0.568. The van der Waals surface area contributed by atoms with E-state index in [1.807, 2.05) is 31.2 Å². The minimum Gasteiger partial charge on any atom is -0.452 e. The molecule has 2 N–H and O–H groups in total. The molecule has 0 fully saturated rings. The van der Waals surface area contributed by atoms with Crippen LogP contribution in [0.25, 0.3) is 0 Å². The zero-order chi connectivity index (χ0) is 20.1. The largest absolute Gasteiger partial charge is 0.452 e. The van der Waals surface area contributed by atoms with Crippen LogP contribution in [-0.4, -0.2) is 24.4 Å². The van der Waals surface area contributed by atoms with Crippen molar-refractivity contribution in [2.75, 3.05) is 17.2 Å². The molecule has 0 saturated carbocycles. The zero-order valence-corrected chi connectivity index (χ0v) is 16.9. The lowest BCUT2D eigenvalue weighted by atomic mass is 9.95. The normalized spacial score (nSPS) is 12.8. The van der Waals surface area contributed by atoms with Gasteiger partial charge in [-0.3, -0.25) is 9.59 Å². The number of hydrogen-bond acceptors (Lipinski definition) is 5. The molecule has 1 aliphatic carbocycles. The number of carbonyl (C=O) groups is 3. The average Bonchev–Trinajstić information content (AvgIpc) is 3.03. The summed E-state index contributed by atoms with van der Waals surface area (Å²) >= 11 is 1.43. The molecule has 2 aromatic rings. The van der Waals surface area contributed by atoms with Crippen LogP contribution in [0, 0.1) is 0 Å². The second kappa shape index (κ2) is 9.01. The Morgan fingerprint density at radius 3 is 2.61 bits per heavy atom. The quantitative estimate of drug-likeness (QED) is 0.719. The molecule has 6 nitrogen and oxygen atoms in total. The average molecular weight is 401 g/mol. The topological polar surface area (TPSA) is 84.5 Å². The van der Waals surface area contributed by atoms with Gasteiger partial charge in [0.15, 0.2) is 6.61 Å². The molecular formula is C21H24N2O4S. The molecule has 1 heterocycles. The number of esters is 1. The van der Waals surface area contributed by atoms with Crippen LogP contribution < -0.4 is 10.6 Å². The number of nitrogens with one attached hydrogen (secondary N) is 2. The van der Waals surface area contributed by atoms with Crippen molar-refractivity contribution in [2.45, 2.75) is 46.0 Å². The van der Waals surface area contributed by atoms with Crippen LogP contribution in [0.3, 0.4) is 0 Å². The summed E-state index contributed by atoms with van der Waals surface area (Å²) in [4.78, 5) is 37.6. The van der Waals surface area contributed by atoms with Crippen molar-refractivity contribution in [3.05, 3.63) is 45.8 Å². The van der Waals surface area contributed by atoms with Gasteiger partial charge in [0.2, 0.25) is 5.91 Å². The maximum absolute atomic E-state index is 12.7. The van der Waals surface area contributed by atoms with Crippen molar-refractivity contribution in [1.29, 1.82) is 0 Å². The highest BCUT2D eigenvalue weighted by Gasteiger charge is 2.27. The number of fused-ring (bicyclic) bond motifs is 1. The minimum absolute atomic E-state index is 0.235. The van der Waals surface area contributed by atoms with E-state index in [1.165, 1.54) is 18.3 Å². The highest BCUT2D eigenvalue weighted by atomic mass is 32.1. The van der Waals surface area contributed by atoms with E-state index >= 15 is 0 Å². The maximum atomic E-state index is 12.7. The molecule has 0 unspecified atom stereocenters. The summed E-state index contributed by atoms with van der Waals surface area (Å²) in [6.07, 6.45) is 4.54. The van der Waals surface area contributed by atoms with Crippen molar-refractivity contribution in [2.24, 2.45) is 0 Å². The second-order valence-electron chi connectivity index (χ2n) is 6.73. The van der Waals surface area contributed by atoms with Crippen LogP contribution >= 0.6 is 11.3 Å². The maximum Gasteiger partial charge on any atom is 0.341 e.